The van der Waals surface area contributed by atoms with Crippen molar-refractivity contribution in [2.45, 2.75) is 43.6 Å². The van der Waals surface area contributed by atoms with Crippen molar-refractivity contribution in [1.29, 1.82) is 0 Å². The smallest absolute Gasteiger partial charge is 0.332 e. The molecular formula is C25H20BrF5N2O4. The molecule has 1 spiro atoms. The molecule has 196 valence electrons. The van der Waals surface area contributed by atoms with Gasteiger partial charge in [0.1, 0.15) is 31.0 Å². The molecule has 37 heavy (non-hydrogen) atoms. The van der Waals surface area contributed by atoms with E-state index >= 15 is 0 Å². The summed E-state index contributed by atoms with van der Waals surface area (Å²) in [5, 5.41) is 0. The molecule has 1 aliphatic heterocycles. The van der Waals surface area contributed by atoms with Gasteiger partial charge in [-0.1, -0.05) is 18.2 Å². The second-order valence-corrected chi connectivity index (χ2v) is 10.3. The summed E-state index contributed by atoms with van der Waals surface area (Å²) in [6.45, 7) is -1.75. The number of rotatable bonds is 6. The summed E-state index contributed by atoms with van der Waals surface area (Å²) in [5.74, 6) is -4.72. The Morgan fingerprint density at radius 1 is 1.14 bits per heavy atom. The zero-order valence-electron chi connectivity index (χ0n) is 19.2. The number of carbonyl (C=O) groups excluding carboxylic acids is 3. The molecule has 6 nitrogen and oxygen atoms in total. The molecule has 2 fully saturated rings. The van der Waals surface area contributed by atoms with Gasteiger partial charge >= 0.3 is 6.18 Å². The van der Waals surface area contributed by atoms with Crippen molar-refractivity contribution in [3.8, 4) is 0 Å². The molecule has 1 saturated carbocycles. The van der Waals surface area contributed by atoms with Crippen LogP contribution in [0, 0.1) is 17.6 Å². The van der Waals surface area contributed by atoms with Crippen molar-refractivity contribution in [1.82, 2.24) is 9.80 Å². The van der Waals surface area contributed by atoms with Crippen LogP contribution in [0.3, 0.4) is 0 Å². The molecule has 2 aromatic rings. The first kappa shape index (κ1) is 25.8. The van der Waals surface area contributed by atoms with Gasteiger partial charge in [0.15, 0.2) is 5.78 Å². The van der Waals surface area contributed by atoms with Gasteiger partial charge < -0.3 is 14.5 Å². The van der Waals surface area contributed by atoms with Crippen LogP contribution in [0.2, 0.25) is 0 Å². The minimum Gasteiger partial charge on any atom is -0.332 e. The maximum absolute atomic E-state index is 14.6. The maximum atomic E-state index is 14.6. The zero-order chi connectivity index (χ0) is 26.7. The van der Waals surface area contributed by atoms with E-state index in [1.165, 1.54) is 24.3 Å². The predicted octanol–water partition coefficient (Wildman–Crippen LogP) is 4.23. The third-order valence-electron chi connectivity index (χ3n) is 6.98. The summed E-state index contributed by atoms with van der Waals surface area (Å²) >= 11 is 3.03. The Labute approximate surface area is 216 Å². The highest BCUT2D eigenvalue weighted by atomic mass is 79.9. The standard InChI is InChI=1S/C25H20BrF5N2O4/c26-18-8-7-17-16(21(18)28)9-19(34)24(17)23(36)32(12-37-24)11-20(35)33(10-13-1-5-15(27)6-2-13)22(14-3-4-14)25(29,30)31/h1-2,5-8,14,22H,3-4,9-12H2. The van der Waals surface area contributed by atoms with E-state index in [2.05, 4.69) is 15.9 Å². The molecule has 0 bridgehead atoms. The zero-order valence-corrected chi connectivity index (χ0v) is 20.7. The number of Topliss-reactive ketones (excluding diaryl/α,β-unsaturated/α-hetero) is 1. The monoisotopic (exact) mass is 586 g/mol. The third-order valence-corrected chi connectivity index (χ3v) is 7.60. The lowest BCUT2D eigenvalue weighted by Gasteiger charge is -2.34. The summed E-state index contributed by atoms with van der Waals surface area (Å²) in [6.07, 6.45) is -4.55. The Morgan fingerprint density at radius 3 is 2.43 bits per heavy atom. The lowest BCUT2D eigenvalue weighted by Crippen LogP contribution is -2.53. The fourth-order valence-corrected chi connectivity index (χ4v) is 5.42. The fourth-order valence-electron chi connectivity index (χ4n) is 5.05. The molecule has 2 aromatic carbocycles. The van der Waals surface area contributed by atoms with Crippen LogP contribution in [-0.4, -0.2) is 52.9 Å². The van der Waals surface area contributed by atoms with Crippen molar-refractivity contribution in [3.63, 3.8) is 0 Å². The van der Waals surface area contributed by atoms with E-state index in [1.807, 2.05) is 0 Å². The van der Waals surface area contributed by atoms with E-state index in [1.54, 1.807) is 0 Å². The van der Waals surface area contributed by atoms with Crippen molar-refractivity contribution < 1.29 is 41.1 Å². The van der Waals surface area contributed by atoms with Gasteiger partial charge in [0, 0.05) is 24.1 Å². The largest absolute Gasteiger partial charge is 0.409 e. The normalized spacial score (nSPS) is 22.1. The number of halogens is 6. The number of fused-ring (bicyclic) bond motifs is 2. The van der Waals surface area contributed by atoms with Gasteiger partial charge in [-0.15, -0.1) is 0 Å². The van der Waals surface area contributed by atoms with Gasteiger partial charge in [-0.05, 0) is 58.5 Å². The summed E-state index contributed by atoms with van der Waals surface area (Å²) < 4.78 is 75.8. The minimum atomic E-state index is -4.73. The Hall–Kier alpha value is -2.86. The third kappa shape index (κ3) is 4.43. The SMILES string of the molecule is O=C(CN1COC2(C(=O)Cc3c2ccc(Br)c3F)C1=O)N(Cc1ccc(F)cc1)C(C1CC1)C(F)(F)F. The van der Waals surface area contributed by atoms with Gasteiger partial charge in [-0.2, -0.15) is 13.2 Å². The number of amides is 2. The highest BCUT2D eigenvalue weighted by Crippen LogP contribution is 2.46. The van der Waals surface area contributed by atoms with Crippen molar-refractivity contribution in [3.05, 3.63) is 69.2 Å². The number of hydrogen-bond acceptors (Lipinski definition) is 4. The number of nitrogens with zero attached hydrogens (tertiary/aromatic N) is 2. The number of benzene rings is 2. The van der Waals surface area contributed by atoms with Crippen LogP contribution in [0.5, 0.6) is 0 Å². The molecule has 1 saturated heterocycles. The van der Waals surface area contributed by atoms with E-state index in [4.69, 9.17) is 4.74 Å². The van der Waals surface area contributed by atoms with E-state index < -0.39 is 79.2 Å². The Kier molecular flexibility index (Phi) is 6.38. The number of alkyl halides is 3. The van der Waals surface area contributed by atoms with Gasteiger partial charge in [0.2, 0.25) is 11.5 Å². The van der Waals surface area contributed by atoms with Crippen LogP contribution in [0.1, 0.15) is 29.5 Å². The van der Waals surface area contributed by atoms with E-state index in [0.29, 0.717) is 17.7 Å². The minimum absolute atomic E-state index is 0.00953. The first-order chi connectivity index (χ1) is 17.4. The molecule has 12 heteroatoms. The summed E-state index contributed by atoms with van der Waals surface area (Å²) in [7, 11) is 0. The molecule has 2 amide bonds. The quantitative estimate of drug-likeness (QED) is 0.375. The van der Waals surface area contributed by atoms with Crippen LogP contribution in [0.25, 0.3) is 0 Å². The van der Waals surface area contributed by atoms with Crippen LogP contribution in [-0.2, 0) is 37.7 Å². The molecular weight excluding hydrogens is 567 g/mol. The van der Waals surface area contributed by atoms with Crippen molar-refractivity contribution in [2.75, 3.05) is 13.3 Å². The Balaban J connectivity index is 1.42. The first-order valence-corrected chi connectivity index (χ1v) is 12.3. The summed E-state index contributed by atoms with van der Waals surface area (Å²) in [4.78, 5) is 41.1. The lowest BCUT2D eigenvalue weighted by atomic mass is 9.94. The first-order valence-electron chi connectivity index (χ1n) is 11.5. The maximum Gasteiger partial charge on any atom is 0.409 e. The van der Waals surface area contributed by atoms with Gasteiger partial charge in [-0.25, -0.2) is 8.78 Å². The van der Waals surface area contributed by atoms with E-state index in [0.717, 1.165) is 17.0 Å². The summed E-state index contributed by atoms with van der Waals surface area (Å²) in [5.41, 5.74) is -1.85. The molecule has 5 rings (SSSR count). The van der Waals surface area contributed by atoms with Gasteiger partial charge in [0.25, 0.3) is 5.91 Å². The molecule has 0 radical (unpaired) electrons. The predicted molar refractivity (Wildman–Crippen MR) is 122 cm³/mol. The lowest BCUT2D eigenvalue weighted by molar-refractivity contribution is -0.196. The number of hydrogen-bond donors (Lipinski definition) is 0. The average molecular weight is 587 g/mol. The van der Waals surface area contributed by atoms with Gasteiger partial charge in [-0.3, -0.25) is 14.4 Å². The molecule has 0 N–H and O–H groups in total. The molecule has 1 heterocycles. The van der Waals surface area contributed by atoms with Crippen molar-refractivity contribution in [2.24, 2.45) is 5.92 Å². The molecule has 2 aliphatic carbocycles. The van der Waals surface area contributed by atoms with E-state index in [9.17, 15) is 36.3 Å². The average Bonchev–Trinajstić information content (AvgIpc) is 3.55. The van der Waals surface area contributed by atoms with Crippen molar-refractivity contribution >= 4 is 33.5 Å². The second kappa shape index (κ2) is 9.16. The Bertz CT molecular complexity index is 1280. The number of ketones is 1. The highest BCUT2D eigenvalue weighted by molar-refractivity contribution is 9.10. The number of ether oxygens (including phenoxy) is 1. The van der Waals surface area contributed by atoms with Crippen LogP contribution in [0.4, 0.5) is 22.0 Å². The van der Waals surface area contributed by atoms with Gasteiger partial charge in [0.05, 0.1) is 4.47 Å². The van der Waals surface area contributed by atoms with Crippen LogP contribution < -0.4 is 0 Å². The van der Waals surface area contributed by atoms with Crippen LogP contribution >= 0.6 is 15.9 Å². The van der Waals surface area contributed by atoms with E-state index in [-0.39, 0.29) is 21.2 Å². The number of carbonyl (C=O) groups is 3. The second-order valence-electron chi connectivity index (χ2n) is 9.42. The van der Waals surface area contributed by atoms with Crippen LogP contribution in [0.15, 0.2) is 40.9 Å². The summed E-state index contributed by atoms with van der Waals surface area (Å²) in [6, 6.07) is 5.36. The Morgan fingerprint density at radius 2 is 1.81 bits per heavy atom. The fraction of sp³-hybridized carbons (Fsp3) is 0.400. The molecule has 0 aromatic heterocycles. The highest BCUT2D eigenvalue weighted by Gasteiger charge is 2.60. The topological polar surface area (TPSA) is 66.9 Å². The molecule has 2 unspecified atom stereocenters. The molecule has 3 aliphatic rings. The molecule has 2 atom stereocenters.